The van der Waals surface area contributed by atoms with E-state index in [1.54, 1.807) is 4.90 Å². The van der Waals surface area contributed by atoms with E-state index in [2.05, 4.69) is 34.3 Å². The average molecular weight is 364 g/mol. The number of piperazine rings is 1. The van der Waals surface area contributed by atoms with Crippen LogP contribution in [0.4, 0.5) is 0 Å². The van der Waals surface area contributed by atoms with E-state index >= 15 is 0 Å². The summed E-state index contributed by atoms with van der Waals surface area (Å²) in [5, 5.41) is 10.1. The Morgan fingerprint density at radius 3 is 2.73 bits per heavy atom. The summed E-state index contributed by atoms with van der Waals surface area (Å²) in [5.41, 5.74) is 3.20. The van der Waals surface area contributed by atoms with Crippen LogP contribution in [0.2, 0.25) is 0 Å². The fraction of sp³-hybridized carbons (Fsp3) is 0.737. The maximum atomic E-state index is 12.7. The van der Waals surface area contributed by atoms with E-state index < -0.39 is 0 Å². The molecule has 1 fully saturated rings. The molecule has 0 unspecified atom stereocenters. The van der Waals surface area contributed by atoms with Crippen LogP contribution in [-0.4, -0.2) is 71.1 Å². The summed E-state index contributed by atoms with van der Waals surface area (Å²) < 4.78 is 0. The van der Waals surface area contributed by atoms with Crippen molar-refractivity contribution in [2.75, 3.05) is 33.2 Å². The highest BCUT2D eigenvalue weighted by atomic mass is 16.2. The number of nitrogens with zero attached hydrogens (tertiary/aromatic N) is 3. The monoisotopic (exact) mass is 363 g/mol. The summed E-state index contributed by atoms with van der Waals surface area (Å²) in [6.45, 7) is 11.3. The molecule has 7 heteroatoms. The number of aryl methyl sites for hydroxylation is 2. The Kier molecular flexibility index (Phi) is 7.20. The van der Waals surface area contributed by atoms with Crippen LogP contribution < -0.4 is 5.32 Å². The SMILES string of the molecule is Cc1n[nH]c(C)c1CCN(C)C(=O)C[C@@H]1C(=O)NCCN1CCC(C)C. The fourth-order valence-corrected chi connectivity index (χ4v) is 3.34. The van der Waals surface area contributed by atoms with E-state index in [0.717, 1.165) is 37.3 Å². The molecule has 0 aromatic carbocycles. The summed E-state index contributed by atoms with van der Waals surface area (Å²) in [7, 11) is 1.81. The van der Waals surface area contributed by atoms with Gasteiger partial charge in [-0.2, -0.15) is 5.10 Å². The summed E-state index contributed by atoms with van der Waals surface area (Å²) in [4.78, 5) is 28.9. The second kappa shape index (κ2) is 9.16. The van der Waals surface area contributed by atoms with Crippen molar-refractivity contribution < 1.29 is 9.59 Å². The zero-order chi connectivity index (χ0) is 19.3. The van der Waals surface area contributed by atoms with Gasteiger partial charge < -0.3 is 10.2 Å². The van der Waals surface area contributed by atoms with Gasteiger partial charge in [0.2, 0.25) is 11.8 Å². The van der Waals surface area contributed by atoms with Gasteiger partial charge in [-0.05, 0) is 44.7 Å². The highest BCUT2D eigenvalue weighted by Gasteiger charge is 2.32. The van der Waals surface area contributed by atoms with Crippen LogP contribution in [0.25, 0.3) is 0 Å². The maximum absolute atomic E-state index is 12.7. The molecule has 0 aliphatic carbocycles. The minimum atomic E-state index is -0.352. The molecule has 0 spiro atoms. The van der Waals surface area contributed by atoms with Crippen molar-refractivity contribution in [1.82, 2.24) is 25.3 Å². The van der Waals surface area contributed by atoms with E-state index in [9.17, 15) is 9.59 Å². The van der Waals surface area contributed by atoms with Gasteiger partial charge in [0, 0.05) is 32.4 Å². The summed E-state index contributed by atoms with van der Waals surface area (Å²) in [5.74, 6) is 0.573. The summed E-state index contributed by atoms with van der Waals surface area (Å²) >= 11 is 0. The Balaban J connectivity index is 1.91. The molecule has 2 rings (SSSR count). The molecule has 2 amide bonds. The number of aromatic amines is 1. The first-order chi connectivity index (χ1) is 12.3. The lowest BCUT2D eigenvalue weighted by Gasteiger charge is -2.35. The van der Waals surface area contributed by atoms with Crippen molar-refractivity contribution in [3.63, 3.8) is 0 Å². The second-order valence-corrected chi connectivity index (χ2v) is 7.71. The number of aromatic nitrogens is 2. The lowest BCUT2D eigenvalue weighted by molar-refractivity contribution is -0.138. The maximum Gasteiger partial charge on any atom is 0.237 e. The molecule has 1 atom stereocenters. The van der Waals surface area contributed by atoms with Crippen LogP contribution in [0.3, 0.4) is 0 Å². The number of likely N-dealkylation sites (N-methyl/N-ethyl adjacent to an activating group) is 1. The molecule has 1 aliphatic rings. The van der Waals surface area contributed by atoms with Gasteiger partial charge in [-0.25, -0.2) is 0 Å². The lowest BCUT2D eigenvalue weighted by atomic mass is 10.0. The largest absolute Gasteiger partial charge is 0.353 e. The van der Waals surface area contributed by atoms with Crippen LogP contribution >= 0.6 is 0 Å². The van der Waals surface area contributed by atoms with Gasteiger partial charge in [-0.15, -0.1) is 0 Å². The number of rotatable bonds is 8. The average Bonchev–Trinajstić information content (AvgIpc) is 2.91. The quantitative estimate of drug-likeness (QED) is 0.729. The number of carbonyl (C=O) groups excluding carboxylic acids is 2. The Bertz CT molecular complexity index is 606. The van der Waals surface area contributed by atoms with E-state index in [4.69, 9.17) is 0 Å². The first-order valence-electron chi connectivity index (χ1n) is 9.55. The van der Waals surface area contributed by atoms with Crippen LogP contribution in [0.5, 0.6) is 0 Å². The molecule has 1 aliphatic heterocycles. The molecule has 0 saturated carbocycles. The molecular weight excluding hydrogens is 330 g/mol. The van der Waals surface area contributed by atoms with Gasteiger partial charge >= 0.3 is 0 Å². The van der Waals surface area contributed by atoms with Crippen molar-refractivity contribution in [2.45, 2.75) is 53.0 Å². The minimum absolute atomic E-state index is 0.0143. The van der Waals surface area contributed by atoms with Gasteiger partial charge in [0.1, 0.15) is 0 Å². The molecule has 2 heterocycles. The predicted molar refractivity (Wildman–Crippen MR) is 102 cm³/mol. The zero-order valence-electron chi connectivity index (χ0n) is 16.8. The topological polar surface area (TPSA) is 81.3 Å². The number of amides is 2. The lowest BCUT2D eigenvalue weighted by Crippen LogP contribution is -2.56. The summed E-state index contributed by atoms with van der Waals surface area (Å²) in [6, 6.07) is -0.352. The molecule has 1 aromatic rings. The standard InChI is InChI=1S/C19H33N5O2/c1-13(2)6-10-24-11-8-20-19(26)17(24)12-18(25)23(5)9-7-16-14(3)21-22-15(16)4/h13,17H,6-12H2,1-5H3,(H,20,26)(H,21,22)/t17-/m1/s1. The Morgan fingerprint density at radius 1 is 1.38 bits per heavy atom. The molecular formula is C19H33N5O2. The van der Waals surface area contributed by atoms with E-state index in [1.165, 1.54) is 5.56 Å². The smallest absolute Gasteiger partial charge is 0.237 e. The van der Waals surface area contributed by atoms with Gasteiger partial charge in [-0.1, -0.05) is 13.8 Å². The zero-order valence-corrected chi connectivity index (χ0v) is 16.8. The molecule has 7 nitrogen and oxygen atoms in total. The van der Waals surface area contributed by atoms with Gasteiger partial charge in [-0.3, -0.25) is 19.6 Å². The van der Waals surface area contributed by atoms with Crippen molar-refractivity contribution in [1.29, 1.82) is 0 Å². The van der Waals surface area contributed by atoms with Crippen molar-refractivity contribution in [3.8, 4) is 0 Å². The first kappa shape index (κ1) is 20.4. The second-order valence-electron chi connectivity index (χ2n) is 7.71. The molecule has 146 valence electrons. The molecule has 2 N–H and O–H groups in total. The van der Waals surface area contributed by atoms with Crippen LogP contribution in [0.15, 0.2) is 0 Å². The highest BCUT2D eigenvalue weighted by Crippen LogP contribution is 2.14. The molecule has 1 saturated heterocycles. The van der Waals surface area contributed by atoms with Gasteiger partial charge in [0.25, 0.3) is 0 Å². The summed E-state index contributed by atoms with van der Waals surface area (Å²) in [6.07, 6.45) is 2.04. The number of H-pyrrole nitrogens is 1. The van der Waals surface area contributed by atoms with Crippen molar-refractivity contribution in [3.05, 3.63) is 17.0 Å². The van der Waals surface area contributed by atoms with Crippen molar-refractivity contribution >= 4 is 11.8 Å². The normalized spacial score (nSPS) is 18.2. The van der Waals surface area contributed by atoms with Crippen LogP contribution in [0.1, 0.15) is 43.6 Å². The Hall–Kier alpha value is -1.89. The van der Waals surface area contributed by atoms with E-state index in [1.807, 2.05) is 20.9 Å². The fourth-order valence-electron chi connectivity index (χ4n) is 3.34. The van der Waals surface area contributed by atoms with Crippen molar-refractivity contribution in [2.24, 2.45) is 5.92 Å². The first-order valence-corrected chi connectivity index (χ1v) is 9.55. The third-order valence-corrected chi connectivity index (χ3v) is 5.21. The third-order valence-electron chi connectivity index (χ3n) is 5.21. The van der Waals surface area contributed by atoms with Crippen LogP contribution in [0, 0.1) is 19.8 Å². The van der Waals surface area contributed by atoms with Gasteiger partial charge in [0.15, 0.2) is 0 Å². The third kappa shape index (κ3) is 5.30. The predicted octanol–water partition coefficient (Wildman–Crippen LogP) is 1.26. The Labute approximate surface area is 156 Å². The molecule has 26 heavy (non-hydrogen) atoms. The number of carbonyl (C=O) groups is 2. The molecule has 0 bridgehead atoms. The van der Waals surface area contributed by atoms with E-state index in [0.29, 0.717) is 19.0 Å². The highest BCUT2D eigenvalue weighted by molar-refractivity contribution is 5.88. The molecule has 0 radical (unpaired) electrons. The number of nitrogens with one attached hydrogen (secondary N) is 2. The van der Waals surface area contributed by atoms with Gasteiger partial charge in [0.05, 0.1) is 18.2 Å². The number of hydrogen-bond donors (Lipinski definition) is 2. The van der Waals surface area contributed by atoms with E-state index in [-0.39, 0.29) is 24.3 Å². The molecule has 1 aromatic heterocycles. The minimum Gasteiger partial charge on any atom is -0.353 e. The number of hydrogen-bond acceptors (Lipinski definition) is 4. The Morgan fingerprint density at radius 2 is 2.12 bits per heavy atom. The van der Waals surface area contributed by atoms with Crippen LogP contribution in [-0.2, 0) is 16.0 Å².